The van der Waals surface area contributed by atoms with E-state index >= 15 is 0 Å². The van der Waals surface area contributed by atoms with E-state index in [1.807, 2.05) is 39.0 Å². The molecular weight excluding hydrogens is 275 g/mol. The fourth-order valence-corrected chi connectivity index (χ4v) is 2.54. The highest BCUT2D eigenvalue weighted by Gasteiger charge is 2.11. The van der Waals surface area contributed by atoms with Crippen molar-refractivity contribution in [3.8, 4) is 0 Å². The van der Waals surface area contributed by atoms with Crippen LogP contribution in [0.4, 0.5) is 21.5 Å². The lowest BCUT2D eigenvalue weighted by Crippen LogP contribution is -2.01. The zero-order valence-electron chi connectivity index (χ0n) is 11.8. The Labute approximate surface area is 123 Å². The molecule has 20 heavy (non-hydrogen) atoms. The Morgan fingerprint density at radius 3 is 2.30 bits per heavy atom. The quantitative estimate of drug-likeness (QED) is 0.721. The van der Waals surface area contributed by atoms with Gasteiger partial charge in [-0.1, -0.05) is 36.7 Å². The van der Waals surface area contributed by atoms with Crippen LogP contribution in [0, 0.1) is 13.8 Å². The molecule has 2 nitrogen and oxygen atoms in total. The van der Waals surface area contributed by atoms with Crippen molar-refractivity contribution in [2.45, 2.75) is 27.2 Å². The molecule has 0 saturated heterocycles. The van der Waals surface area contributed by atoms with Crippen LogP contribution in [0.25, 0.3) is 0 Å². The highest BCUT2D eigenvalue weighted by Crippen LogP contribution is 2.35. The summed E-state index contributed by atoms with van der Waals surface area (Å²) in [5.41, 5.74) is 6.90. The van der Waals surface area contributed by atoms with E-state index in [-0.39, 0.29) is 0 Å². The average Bonchev–Trinajstić information content (AvgIpc) is 2.42. The van der Waals surface area contributed by atoms with Gasteiger partial charge < -0.3 is 5.32 Å². The van der Waals surface area contributed by atoms with E-state index in [0.29, 0.717) is 22.8 Å². The molecule has 0 bridgehead atoms. The molecule has 0 radical (unpaired) electrons. The van der Waals surface area contributed by atoms with Gasteiger partial charge >= 0.3 is 0 Å². The van der Waals surface area contributed by atoms with Gasteiger partial charge in [0, 0.05) is 10.7 Å². The molecule has 106 valence electrons. The van der Waals surface area contributed by atoms with Crippen molar-refractivity contribution in [2.24, 2.45) is 0 Å². The number of aryl methyl sites for hydroxylation is 3. The van der Waals surface area contributed by atoms with Crippen LogP contribution in [0.2, 0.25) is 5.02 Å². The van der Waals surface area contributed by atoms with Crippen molar-refractivity contribution in [3.05, 3.63) is 52.0 Å². The van der Waals surface area contributed by atoms with Crippen LogP contribution in [0.3, 0.4) is 0 Å². The Morgan fingerprint density at radius 2 is 1.75 bits per heavy atom. The van der Waals surface area contributed by atoms with Crippen LogP contribution in [0.15, 0.2) is 30.3 Å². The smallest absolute Gasteiger partial charge is 0.0923 e. The number of hydrogen-bond acceptors (Lipinski definition) is 2. The molecule has 0 unspecified atom stereocenters. The summed E-state index contributed by atoms with van der Waals surface area (Å²) in [5.74, 6) is 0. The first-order chi connectivity index (χ1) is 9.56. The summed E-state index contributed by atoms with van der Waals surface area (Å²) in [5, 5.41) is 3.88. The van der Waals surface area contributed by atoms with Crippen molar-refractivity contribution in [1.29, 1.82) is 0 Å². The van der Waals surface area contributed by atoms with Gasteiger partial charge in [0.05, 0.1) is 11.4 Å². The average molecular weight is 293 g/mol. The minimum absolute atomic E-state index is 0.444. The van der Waals surface area contributed by atoms with Crippen LogP contribution in [-0.4, -0.2) is 0 Å². The summed E-state index contributed by atoms with van der Waals surface area (Å²) in [6, 6.07) is 9.54. The third-order valence-corrected chi connectivity index (χ3v) is 3.62. The summed E-state index contributed by atoms with van der Waals surface area (Å²) in [6.07, 6.45) is 0.703. The maximum atomic E-state index is 13.1. The normalized spacial score (nSPS) is 10.4. The minimum Gasteiger partial charge on any atom is -0.353 e. The Morgan fingerprint density at radius 1 is 1.10 bits per heavy atom. The number of benzene rings is 2. The summed E-state index contributed by atoms with van der Waals surface area (Å²) in [6.45, 7) is 6.00. The van der Waals surface area contributed by atoms with Crippen LogP contribution in [-0.2, 0) is 6.42 Å². The lowest BCUT2D eigenvalue weighted by molar-refractivity contribution is 0.616. The first-order valence-electron chi connectivity index (χ1n) is 6.59. The van der Waals surface area contributed by atoms with E-state index in [1.165, 1.54) is 0 Å². The Balaban J connectivity index is 2.50. The predicted octanol–water partition coefficient (Wildman–Crippen LogP) is 5.56. The van der Waals surface area contributed by atoms with Crippen molar-refractivity contribution >= 4 is 28.7 Å². The number of para-hydroxylation sites is 1. The minimum atomic E-state index is 0.444. The standard InChI is InChI=1S/C16H18ClFN2/c1-4-12-8-13(17)9-14(16(12)20-18)19-15-10(2)6-5-7-11(15)3/h5-9,19-20H,4H2,1-3H3. The molecule has 2 aromatic rings. The molecule has 0 heterocycles. The Bertz CT molecular complexity index is 606. The molecule has 0 aromatic heterocycles. The van der Waals surface area contributed by atoms with Crippen LogP contribution < -0.4 is 10.9 Å². The molecule has 2 N–H and O–H groups in total. The maximum absolute atomic E-state index is 13.1. The second-order valence-electron chi connectivity index (χ2n) is 4.83. The molecule has 0 spiro atoms. The monoisotopic (exact) mass is 292 g/mol. The van der Waals surface area contributed by atoms with Crippen LogP contribution in [0.5, 0.6) is 0 Å². The zero-order chi connectivity index (χ0) is 14.7. The van der Waals surface area contributed by atoms with Gasteiger partial charge in [0.1, 0.15) is 0 Å². The van der Waals surface area contributed by atoms with Gasteiger partial charge in [0.2, 0.25) is 0 Å². The van der Waals surface area contributed by atoms with Crippen molar-refractivity contribution in [2.75, 3.05) is 10.9 Å². The highest BCUT2D eigenvalue weighted by atomic mass is 35.5. The summed E-state index contributed by atoms with van der Waals surface area (Å²) in [4.78, 5) is 0. The molecule has 2 aromatic carbocycles. The van der Waals surface area contributed by atoms with Crippen molar-refractivity contribution < 1.29 is 4.48 Å². The molecule has 0 aliphatic carbocycles. The van der Waals surface area contributed by atoms with Gasteiger partial charge in [-0.05, 0) is 49.1 Å². The Kier molecular flexibility index (Phi) is 4.50. The number of rotatable bonds is 4. The van der Waals surface area contributed by atoms with Crippen LogP contribution in [0.1, 0.15) is 23.6 Å². The van der Waals surface area contributed by atoms with Gasteiger partial charge in [-0.25, -0.2) is 5.54 Å². The first-order valence-corrected chi connectivity index (χ1v) is 6.97. The fourth-order valence-electron chi connectivity index (χ4n) is 2.30. The fraction of sp³-hybridized carbons (Fsp3) is 0.250. The van der Waals surface area contributed by atoms with Crippen LogP contribution >= 0.6 is 11.6 Å². The topological polar surface area (TPSA) is 24.1 Å². The van der Waals surface area contributed by atoms with Gasteiger partial charge in [-0.15, -0.1) is 4.48 Å². The predicted molar refractivity (Wildman–Crippen MR) is 84.8 cm³/mol. The molecule has 4 heteroatoms. The largest absolute Gasteiger partial charge is 0.353 e. The van der Waals surface area contributed by atoms with Crippen molar-refractivity contribution in [1.82, 2.24) is 0 Å². The van der Waals surface area contributed by atoms with Gasteiger partial charge in [-0.2, -0.15) is 0 Å². The van der Waals surface area contributed by atoms with E-state index in [0.717, 1.165) is 22.4 Å². The molecule has 0 aliphatic heterocycles. The highest BCUT2D eigenvalue weighted by molar-refractivity contribution is 6.31. The van der Waals surface area contributed by atoms with E-state index in [2.05, 4.69) is 5.32 Å². The number of halogens is 2. The third-order valence-electron chi connectivity index (χ3n) is 3.40. The van der Waals surface area contributed by atoms with Crippen molar-refractivity contribution in [3.63, 3.8) is 0 Å². The zero-order valence-corrected chi connectivity index (χ0v) is 12.6. The lowest BCUT2D eigenvalue weighted by atomic mass is 10.1. The van der Waals surface area contributed by atoms with E-state index in [1.54, 1.807) is 17.7 Å². The number of nitrogens with one attached hydrogen (secondary N) is 2. The van der Waals surface area contributed by atoms with E-state index < -0.39 is 0 Å². The Hall–Kier alpha value is -1.74. The summed E-state index contributed by atoms with van der Waals surface area (Å²) < 4.78 is 13.1. The first kappa shape index (κ1) is 14.7. The molecule has 0 fully saturated rings. The number of anilines is 3. The maximum Gasteiger partial charge on any atom is 0.0923 e. The second kappa shape index (κ2) is 6.14. The molecule has 0 aliphatic rings. The molecular formula is C16H18ClFN2. The van der Waals surface area contributed by atoms with Gasteiger partial charge in [-0.3, -0.25) is 0 Å². The second-order valence-corrected chi connectivity index (χ2v) is 5.26. The molecule has 0 atom stereocenters. The molecule has 0 saturated carbocycles. The summed E-state index contributed by atoms with van der Waals surface area (Å²) >= 11 is 6.11. The molecule has 2 rings (SSSR count). The summed E-state index contributed by atoms with van der Waals surface area (Å²) in [7, 11) is 0. The SMILES string of the molecule is CCc1cc(Cl)cc(Nc2c(C)cccc2C)c1NF. The lowest BCUT2D eigenvalue weighted by Gasteiger charge is -2.17. The molecule has 0 amide bonds. The van der Waals surface area contributed by atoms with Gasteiger partial charge in [0.15, 0.2) is 0 Å². The number of hydrogen-bond donors (Lipinski definition) is 2. The third kappa shape index (κ3) is 2.88. The van der Waals surface area contributed by atoms with E-state index in [4.69, 9.17) is 11.6 Å². The van der Waals surface area contributed by atoms with E-state index in [9.17, 15) is 4.48 Å². The van der Waals surface area contributed by atoms with Gasteiger partial charge in [0.25, 0.3) is 0 Å².